The smallest absolute Gasteiger partial charge is 0.389 e. The predicted molar refractivity (Wildman–Crippen MR) is 122 cm³/mol. The molecule has 2 aliphatic heterocycles. The van der Waals surface area contributed by atoms with Gasteiger partial charge in [0, 0.05) is 26.2 Å². The molecule has 0 aromatic carbocycles. The van der Waals surface area contributed by atoms with E-state index >= 15 is 0 Å². The van der Waals surface area contributed by atoms with E-state index in [0.717, 1.165) is 6.26 Å². The van der Waals surface area contributed by atoms with Gasteiger partial charge in [0.2, 0.25) is 0 Å². The molecule has 0 spiro atoms. The summed E-state index contributed by atoms with van der Waals surface area (Å²) >= 11 is 0. The highest BCUT2D eigenvalue weighted by molar-refractivity contribution is 7.86. The summed E-state index contributed by atoms with van der Waals surface area (Å²) in [7, 11) is -3.56. The lowest BCUT2D eigenvalue weighted by Crippen LogP contribution is -2.53. The van der Waals surface area contributed by atoms with Gasteiger partial charge in [-0.05, 0) is 24.3 Å². The van der Waals surface area contributed by atoms with Gasteiger partial charge in [-0.2, -0.15) is 43.8 Å². The van der Waals surface area contributed by atoms with Crippen molar-refractivity contribution < 1.29 is 44.0 Å². The van der Waals surface area contributed by atoms with Crippen LogP contribution in [0.3, 0.4) is 0 Å². The summed E-state index contributed by atoms with van der Waals surface area (Å²) < 4.78 is 104. The van der Waals surface area contributed by atoms with Gasteiger partial charge >= 0.3 is 12.4 Å². The number of aromatic nitrogens is 8. The van der Waals surface area contributed by atoms with E-state index in [2.05, 4.69) is 30.6 Å². The van der Waals surface area contributed by atoms with E-state index in [1.54, 1.807) is 15.9 Å². The van der Waals surface area contributed by atoms with Crippen molar-refractivity contribution in [1.29, 1.82) is 0 Å². The summed E-state index contributed by atoms with van der Waals surface area (Å²) in [4.78, 5) is 3.26. The lowest BCUT2D eigenvalue weighted by molar-refractivity contribution is -0.147. The number of alkyl halides is 6. The van der Waals surface area contributed by atoms with Gasteiger partial charge in [0.25, 0.3) is 21.8 Å². The fraction of sp³-hybridized carbons (Fsp3) is 0.474. The molecule has 0 radical (unpaired) electrons. The zero-order chi connectivity index (χ0) is 29.0. The van der Waals surface area contributed by atoms with Gasteiger partial charge < -0.3 is 14.9 Å². The minimum atomic E-state index is -4.66. The van der Waals surface area contributed by atoms with Crippen LogP contribution in [0.1, 0.15) is 11.6 Å². The molecular weight excluding hydrogens is 578 g/mol. The molecule has 6 heterocycles. The Hall–Kier alpha value is -3.85. The van der Waals surface area contributed by atoms with E-state index in [1.807, 2.05) is 0 Å². The first kappa shape index (κ1) is 27.7. The molecule has 2 aliphatic rings. The molecule has 2 fully saturated rings. The summed E-state index contributed by atoms with van der Waals surface area (Å²) in [6.45, 7) is 1.16. The van der Waals surface area contributed by atoms with Crippen LogP contribution in [0.5, 0.6) is 0 Å². The first-order chi connectivity index (χ1) is 18.6. The number of hydrogen-bond acceptors (Lipinski definition) is 12. The second kappa shape index (κ2) is 9.66. The largest absolute Gasteiger partial charge is 0.453 e. The number of fused-ring (bicyclic) bond motifs is 2. The van der Waals surface area contributed by atoms with Gasteiger partial charge in [0.15, 0.2) is 11.3 Å². The molecule has 0 aliphatic carbocycles. The number of hydrogen-bond donors (Lipinski definition) is 1. The number of anilines is 2. The molecule has 0 atom stereocenters. The third-order valence-electron chi connectivity index (χ3n) is 5.67. The average molecular weight is 596 g/mol. The van der Waals surface area contributed by atoms with Crippen LogP contribution in [0.4, 0.5) is 38.0 Å². The van der Waals surface area contributed by atoms with Crippen LogP contribution in [-0.2, 0) is 26.7 Å². The highest BCUT2D eigenvalue weighted by atomic mass is 32.2. The summed E-state index contributed by atoms with van der Waals surface area (Å²) in [5.74, 6) is -1.75. The van der Waals surface area contributed by atoms with Crippen molar-refractivity contribution in [3.05, 3.63) is 35.9 Å². The third-order valence-corrected chi connectivity index (χ3v) is 6.30. The fourth-order valence-corrected chi connectivity index (χ4v) is 4.44. The Labute approximate surface area is 219 Å². The van der Waals surface area contributed by atoms with Gasteiger partial charge in [0.1, 0.15) is 17.7 Å². The number of rotatable bonds is 4. The minimum absolute atomic E-state index is 0.0273. The van der Waals surface area contributed by atoms with Gasteiger partial charge in [0.05, 0.1) is 12.4 Å². The Morgan fingerprint density at radius 2 is 1.20 bits per heavy atom. The molecule has 21 heteroatoms. The Bertz CT molecular complexity index is 1640. The number of β-amino-alcohol motifs (C(OH)–C–C–N with tert-alkyl or cyclic N) is 1. The second-order valence-electron chi connectivity index (χ2n) is 8.85. The molecule has 1 N–H and O–H groups in total. The van der Waals surface area contributed by atoms with E-state index in [1.165, 1.54) is 18.2 Å². The number of aliphatic hydroxyl groups excluding tert-OH is 1. The van der Waals surface area contributed by atoms with Gasteiger partial charge in [-0.15, -0.1) is 30.6 Å². The monoisotopic (exact) mass is 596 g/mol. The Morgan fingerprint density at radius 1 is 0.775 bits per heavy atom. The zero-order valence-electron chi connectivity index (χ0n) is 20.1. The summed E-state index contributed by atoms with van der Waals surface area (Å²) in [5.41, 5.74) is 0.00711. The molecule has 4 aromatic heterocycles. The summed E-state index contributed by atoms with van der Waals surface area (Å²) in [5, 5.41) is 29.8. The van der Waals surface area contributed by atoms with Crippen molar-refractivity contribution in [2.24, 2.45) is 0 Å². The van der Waals surface area contributed by atoms with Crippen LogP contribution in [-0.4, -0.2) is 97.8 Å². The highest BCUT2D eigenvalue weighted by Gasteiger charge is 2.39. The van der Waals surface area contributed by atoms with E-state index in [9.17, 15) is 34.8 Å². The van der Waals surface area contributed by atoms with Crippen molar-refractivity contribution in [3.63, 3.8) is 0 Å². The number of nitrogens with zero attached hydrogens (tertiary/aromatic N) is 10. The zero-order valence-corrected chi connectivity index (χ0v) is 20.9. The number of halogens is 6. The predicted octanol–water partition coefficient (Wildman–Crippen LogP) is 0.632. The van der Waals surface area contributed by atoms with Crippen molar-refractivity contribution in [1.82, 2.24) is 39.6 Å². The van der Waals surface area contributed by atoms with Crippen molar-refractivity contribution in [3.8, 4) is 0 Å². The minimum Gasteiger partial charge on any atom is -0.389 e. The lowest BCUT2D eigenvalue weighted by Gasteiger charge is -2.38. The van der Waals surface area contributed by atoms with Gasteiger partial charge in [-0.3, -0.25) is 4.18 Å². The molecule has 0 amide bonds. The quantitative estimate of drug-likeness (QED) is 0.259. The molecule has 14 nitrogen and oxygen atoms in total. The topological polar surface area (TPSA) is 156 Å². The van der Waals surface area contributed by atoms with E-state index < -0.39 is 46.3 Å². The first-order valence-corrected chi connectivity index (χ1v) is 13.1. The van der Waals surface area contributed by atoms with Crippen molar-refractivity contribution >= 4 is 33.0 Å². The van der Waals surface area contributed by atoms with Crippen LogP contribution in [0.15, 0.2) is 24.3 Å². The van der Waals surface area contributed by atoms with Crippen LogP contribution < -0.4 is 9.80 Å². The maximum atomic E-state index is 12.8. The van der Waals surface area contributed by atoms with Crippen LogP contribution >= 0.6 is 0 Å². The Kier molecular flexibility index (Phi) is 6.69. The highest BCUT2D eigenvalue weighted by Crippen LogP contribution is 2.30. The molecule has 40 heavy (non-hydrogen) atoms. The van der Waals surface area contributed by atoms with Gasteiger partial charge in [-0.25, -0.2) is 0 Å². The normalized spacial score (nSPS) is 17.1. The summed E-state index contributed by atoms with van der Waals surface area (Å²) in [6, 6.07) is 5.81. The molecule has 0 bridgehead atoms. The molecule has 216 valence electrons. The van der Waals surface area contributed by atoms with E-state index in [0.29, 0.717) is 27.9 Å². The van der Waals surface area contributed by atoms with E-state index in [4.69, 9.17) is 9.29 Å². The van der Waals surface area contributed by atoms with E-state index in [-0.39, 0.29) is 30.2 Å². The third kappa shape index (κ3) is 5.70. The molecule has 2 saturated heterocycles. The van der Waals surface area contributed by atoms with Crippen LogP contribution in [0, 0.1) is 0 Å². The van der Waals surface area contributed by atoms with Crippen molar-refractivity contribution in [2.45, 2.75) is 24.6 Å². The average Bonchev–Trinajstić information content (AvgIpc) is 3.42. The molecular formula is C19H18F6N10O4S. The maximum Gasteiger partial charge on any atom is 0.453 e. The maximum absolute atomic E-state index is 12.8. The Balaban J connectivity index is 0.000000164. The second-order valence-corrected chi connectivity index (χ2v) is 10.5. The van der Waals surface area contributed by atoms with Gasteiger partial charge in [-0.1, -0.05) is 0 Å². The fourth-order valence-electron chi connectivity index (χ4n) is 3.82. The van der Waals surface area contributed by atoms with Crippen LogP contribution in [0.25, 0.3) is 11.3 Å². The summed E-state index contributed by atoms with van der Waals surface area (Å²) in [6.07, 6.45) is -9.31. The molecule has 0 unspecified atom stereocenters. The number of aliphatic hydroxyl groups is 1. The molecule has 4 aromatic rings. The SMILES string of the molecule is CS(=O)(=O)OC1CN(c2ccc3nnc(C(F)(F)F)n3n2)C1.OC1CN(c2ccc3nnc(C(F)(F)F)n3n2)C1. The van der Waals surface area contributed by atoms with Crippen LogP contribution in [0.2, 0.25) is 0 Å². The molecule has 0 saturated carbocycles. The lowest BCUT2D eigenvalue weighted by atomic mass is 10.2. The standard InChI is InChI=1S/C10H10F3N5O3S.C9H8F3N5O/c1-22(19,20)21-6-4-17(5-6)8-3-2-7-14-15-9(10(11,12)13)18(7)16-8;10-9(11,12)8-14-13-6-1-2-7(15-17(6)8)16-3-5(18)4-16/h2-3,6H,4-5H2,1H3;1-2,5,18H,3-4H2. The van der Waals surface area contributed by atoms with Crippen molar-refractivity contribution in [2.75, 3.05) is 42.2 Å². The molecule has 6 rings (SSSR count). The Morgan fingerprint density at radius 3 is 1.57 bits per heavy atom. The first-order valence-electron chi connectivity index (χ1n) is 11.2.